The topological polar surface area (TPSA) is 44.8 Å². The average molecular weight is 419 g/mol. The lowest BCUT2D eigenvalue weighted by atomic mass is 10.1. The Bertz CT molecular complexity index is 1100. The molecule has 4 nitrogen and oxygen atoms in total. The third-order valence-corrected chi connectivity index (χ3v) is 5.84. The fraction of sp³-hybridized carbons (Fsp3) is 0.182. The van der Waals surface area contributed by atoms with Gasteiger partial charge in [-0.25, -0.2) is 9.97 Å². The number of aromatic amines is 1. The van der Waals surface area contributed by atoms with Crippen LogP contribution in [0.4, 0.5) is 0 Å². The van der Waals surface area contributed by atoms with Gasteiger partial charge in [0.25, 0.3) is 0 Å². The highest BCUT2D eigenvalue weighted by molar-refractivity contribution is 9.10. The van der Waals surface area contributed by atoms with Crippen LogP contribution in [-0.4, -0.2) is 26.4 Å². The molecule has 0 radical (unpaired) electrons. The highest BCUT2D eigenvalue weighted by atomic mass is 79.9. The number of nitrogens with one attached hydrogen (secondary N) is 1. The lowest BCUT2D eigenvalue weighted by Gasteiger charge is -2.28. The summed E-state index contributed by atoms with van der Waals surface area (Å²) in [6, 6.07) is 16.5. The Morgan fingerprint density at radius 3 is 2.85 bits per heavy atom. The summed E-state index contributed by atoms with van der Waals surface area (Å²) in [5.41, 5.74) is 5.99. The van der Waals surface area contributed by atoms with Gasteiger partial charge in [-0.15, -0.1) is 0 Å². The zero-order valence-corrected chi connectivity index (χ0v) is 16.4. The highest BCUT2D eigenvalue weighted by Crippen LogP contribution is 2.29. The van der Waals surface area contributed by atoms with Crippen molar-refractivity contribution in [2.24, 2.45) is 0 Å². The van der Waals surface area contributed by atoms with Gasteiger partial charge in [-0.3, -0.25) is 4.90 Å². The molecule has 0 fully saturated rings. The molecule has 0 saturated heterocycles. The minimum absolute atomic E-state index is 0.823. The Balaban J connectivity index is 1.38. The first-order valence-corrected chi connectivity index (χ1v) is 9.94. The maximum Gasteiger partial charge on any atom is 0.159 e. The van der Waals surface area contributed by atoms with E-state index in [0.29, 0.717) is 0 Å². The van der Waals surface area contributed by atoms with Crippen LogP contribution in [-0.2, 0) is 19.5 Å². The molecule has 1 aliphatic heterocycles. The van der Waals surface area contributed by atoms with Gasteiger partial charge in [0, 0.05) is 65.0 Å². The van der Waals surface area contributed by atoms with Crippen LogP contribution in [0.1, 0.15) is 16.8 Å². The lowest BCUT2D eigenvalue weighted by Crippen LogP contribution is -2.30. The van der Waals surface area contributed by atoms with Crippen molar-refractivity contribution in [3.63, 3.8) is 0 Å². The van der Waals surface area contributed by atoms with E-state index in [1.807, 2.05) is 24.4 Å². The molecule has 0 amide bonds. The maximum absolute atomic E-state index is 4.83. The van der Waals surface area contributed by atoms with Gasteiger partial charge in [-0.1, -0.05) is 52.3 Å². The van der Waals surface area contributed by atoms with E-state index in [-0.39, 0.29) is 0 Å². The van der Waals surface area contributed by atoms with Gasteiger partial charge < -0.3 is 4.98 Å². The van der Waals surface area contributed by atoms with E-state index in [4.69, 9.17) is 4.98 Å². The van der Waals surface area contributed by atoms with Gasteiger partial charge >= 0.3 is 0 Å². The minimum Gasteiger partial charge on any atom is -0.361 e. The molecule has 0 spiro atoms. The third-order valence-electron chi connectivity index (χ3n) is 5.18. The molecule has 5 rings (SSSR count). The number of hydrogen-bond acceptors (Lipinski definition) is 3. The second-order valence-electron chi connectivity index (χ2n) is 6.97. The van der Waals surface area contributed by atoms with Gasteiger partial charge in [0.1, 0.15) is 0 Å². The molecule has 2 aromatic carbocycles. The van der Waals surface area contributed by atoms with Crippen molar-refractivity contribution in [3.05, 3.63) is 82.2 Å². The van der Waals surface area contributed by atoms with E-state index in [9.17, 15) is 0 Å². The molecule has 134 valence electrons. The molecule has 0 unspecified atom stereocenters. The fourth-order valence-electron chi connectivity index (χ4n) is 3.81. The number of aromatic nitrogens is 3. The largest absolute Gasteiger partial charge is 0.361 e. The van der Waals surface area contributed by atoms with Crippen LogP contribution in [0.5, 0.6) is 0 Å². The van der Waals surface area contributed by atoms with Gasteiger partial charge in [-0.05, 0) is 17.7 Å². The number of H-pyrrole nitrogens is 1. The number of benzene rings is 2. The molecule has 0 saturated carbocycles. The second kappa shape index (κ2) is 6.91. The van der Waals surface area contributed by atoms with Gasteiger partial charge in [0.15, 0.2) is 5.82 Å². The van der Waals surface area contributed by atoms with Crippen molar-refractivity contribution >= 4 is 26.8 Å². The van der Waals surface area contributed by atoms with Gasteiger partial charge in [0.05, 0.1) is 5.69 Å². The van der Waals surface area contributed by atoms with Crippen LogP contribution >= 0.6 is 15.9 Å². The molecule has 4 aromatic rings. The lowest BCUT2D eigenvalue weighted by molar-refractivity contribution is 0.244. The van der Waals surface area contributed by atoms with Crippen LogP contribution in [0.2, 0.25) is 0 Å². The second-order valence-corrected chi connectivity index (χ2v) is 7.82. The quantitative estimate of drug-likeness (QED) is 0.511. The monoisotopic (exact) mass is 418 g/mol. The van der Waals surface area contributed by atoms with Crippen molar-refractivity contribution in [1.82, 2.24) is 19.9 Å². The summed E-state index contributed by atoms with van der Waals surface area (Å²) in [6.45, 7) is 2.82. The molecule has 1 N–H and O–H groups in total. The summed E-state index contributed by atoms with van der Waals surface area (Å²) in [5, 5.41) is 1.28. The molecule has 0 aliphatic carbocycles. The number of nitrogens with zero attached hydrogens (tertiary/aromatic N) is 3. The summed E-state index contributed by atoms with van der Waals surface area (Å²) in [4.78, 5) is 15.3. The first kappa shape index (κ1) is 16.7. The fourth-order valence-corrected chi connectivity index (χ4v) is 4.43. The summed E-state index contributed by atoms with van der Waals surface area (Å²) in [6.07, 6.45) is 5.09. The molecule has 5 heteroatoms. The summed E-state index contributed by atoms with van der Waals surface area (Å²) in [7, 11) is 0. The van der Waals surface area contributed by atoms with Crippen molar-refractivity contribution < 1.29 is 0 Å². The van der Waals surface area contributed by atoms with E-state index >= 15 is 0 Å². The number of rotatable bonds is 3. The third kappa shape index (κ3) is 3.17. The molecule has 1 aliphatic rings. The standard InChI is InChI=1S/C22H19BrN4/c23-18-7-4-8-20-21(18)17(12-24-20)14-27-10-9-19-16(13-27)11-25-22(26-19)15-5-2-1-3-6-15/h1-8,11-12,24H,9-10,13-14H2. The first-order chi connectivity index (χ1) is 13.3. The van der Waals surface area contributed by atoms with E-state index < -0.39 is 0 Å². The van der Waals surface area contributed by atoms with Crippen molar-refractivity contribution in [3.8, 4) is 11.4 Å². The maximum atomic E-state index is 4.83. The normalized spacial score (nSPS) is 14.4. The number of hydrogen-bond donors (Lipinski definition) is 1. The SMILES string of the molecule is Brc1cccc2[nH]cc(CN3CCc4nc(-c5ccccc5)ncc4C3)c12. The Hall–Kier alpha value is -2.50. The summed E-state index contributed by atoms with van der Waals surface area (Å²) >= 11 is 3.69. The highest BCUT2D eigenvalue weighted by Gasteiger charge is 2.20. The number of fused-ring (bicyclic) bond motifs is 2. The van der Waals surface area contributed by atoms with Crippen molar-refractivity contribution in [2.75, 3.05) is 6.54 Å². The van der Waals surface area contributed by atoms with E-state index in [0.717, 1.165) is 41.9 Å². The Morgan fingerprint density at radius 2 is 1.96 bits per heavy atom. The molecule has 0 bridgehead atoms. The van der Waals surface area contributed by atoms with Crippen LogP contribution in [0.15, 0.2) is 65.4 Å². The zero-order chi connectivity index (χ0) is 18.2. The van der Waals surface area contributed by atoms with E-state index in [1.54, 1.807) is 0 Å². The number of halogens is 1. The predicted molar refractivity (Wildman–Crippen MR) is 111 cm³/mol. The van der Waals surface area contributed by atoms with Gasteiger partial charge in [0.2, 0.25) is 0 Å². The van der Waals surface area contributed by atoms with Crippen LogP contribution in [0, 0.1) is 0 Å². The molecule has 2 aromatic heterocycles. The van der Waals surface area contributed by atoms with Gasteiger partial charge in [-0.2, -0.15) is 0 Å². The first-order valence-electron chi connectivity index (χ1n) is 9.15. The van der Waals surface area contributed by atoms with E-state index in [2.05, 4.69) is 67.3 Å². The predicted octanol–water partition coefficient (Wildman–Crippen LogP) is 4.95. The summed E-state index contributed by atoms with van der Waals surface area (Å²) < 4.78 is 1.14. The van der Waals surface area contributed by atoms with Crippen LogP contribution in [0.25, 0.3) is 22.3 Å². The minimum atomic E-state index is 0.823. The Morgan fingerprint density at radius 1 is 1.07 bits per heavy atom. The van der Waals surface area contributed by atoms with Crippen LogP contribution < -0.4 is 0 Å². The Kier molecular flexibility index (Phi) is 4.26. The molecule has 27 heavy (non-hydrogen) atoms. The molecular weight excluding hydrogens is 400 g/mol. The van der Waals surface area contributed by atoms with Crippen molar-refractivity contribution in [2.45, 2.75) is 19.5 Å². The smallest absolute Gasteiger partial charge is 0.159 e. The molecular formula is C22H19BrN4. The summed E-state index contributed by atoms with van der Waals surface area (Å²) in [5.74, 6) is 0.823. The zero-order valence-electron chi connectivity index (χ0n) is 14.8. The molecule has 3 heterocycles. The van der Waals surface area contributed by atoms with Crippen molar-refractivity contribution in [1.29, 1.82) is 0 Å². The van der Waals surface area contributed by atoms with Crippen LogP contribution in [0.3, 0.4) is 0 Å². The average Bonchev–Trinajstić information content (AvgIpc) is 3.12. The molecule has 0 atom stereocenters. The Labute approximate surface area is 166 Å². The van der Waals surface area contributed by atoms with E-state index in [1.165, 1.54) is 27.7 Å².